The van der Waals surface area contributed by atoms with Gasteiger partial charge < -0.3 is 10.1 Å². The third-order valence-electron chi connectivity index (χ3n) is 2.41. The van der Waals surface area contributed by atoms with Gasteiger partial charge in [0.05, 0.1) is 6.61 Å². The Morgan fingerprint density at radius 1 is 1.25 bits per heavy atom. The van der Waals surface area contributed by atoms with E-state index in [0.29, 0.717) is 6.04 Å². The molecule has 0 bridgehead atoms. The van der Waals surface area contributed by atoms with Crippen molar-refractivity contribution in [3.8, 4) is 0 Å². The van der Waals surface area contributed by atoms with Crippen molar-refractivity contribution in [2.75, 3.05) is 19.8 Å². The van der Waals surface area contributed by atoms with Crippen molar-refractivity contribution in [3.05, 3.63) is 0 Å². The number of ether oxygens (including phenoxy) is 1. The highest BCUT2D eigenvalue weighted by atomic mass is 16.5. The molecule has 0 unspecified atom stereocenters. The Bertz CT molecular complexity index is 95.8. The van der Waals surface area contributed by atoms with Crippen molar-refractivity contribution in [1.82, 2.24) is 5.32 Å². The van der Waals surface area contributed by atoms with E-state index in [2.05, 4.69) is 26.1 Å². The minimum atomic E-state index is 0.607. The quantitative estimate of drug-likeness (QED) is 0.595. The second-order valence-electron chi connectivity index (χ2n) is 3.33. The van der Waals surface area contributed by atoms with Gasteiger partial charge in [-0.2, -0.15) is 0 Å². The first-order chi connectivity index (χ1) is 5.72. The molecule has 2 atom stereocenters. The van der Waals surface area contributed by atoms with E-state index in [1.165, 1.54) is 6.42 Å². The van der Waals surface area contributed by atoms with E-state index in [1.807, 2.05) is 6.92 Å². The molecule has 0 aromatic rings. The van der Waals surface area contributed by atoms with Crippen molar-refractivity contribution in [1.29, 1.82) is 0 Å². The highest BCUT2D eigenvalue weighted by molar-refractivity contribution is 4.66. The van der Waals surface area contributed by atoms with E-state index in [-0.39, 0.29) is 0 Å². The van der Waals surface area contributed by atoms with E-state index in [4.69, 9.17) is 4.74 Å². The summed E-state index contributed by atoms with van der Waals surface area (Å²) in [5, 5.41) is 3.44. The smallest absolute Gasteiger partial charge is 0.0590 e. The van der Waals surface area contributed by atoms with E-state index in [0.717, 1.165) is 25.7 Å². The third-order valence-corrected chi connectivity index (χ3v) is 2.41. The lowest BCUT2D eigenvalue weighted by atomic mass is 10.0. The highest BCUT2D eigenvalue weighted by Crippen LogP contribution is 2.05. The van der Waals surface area contributed by atoms with Gasteiger partial charge in [0.1, 0.15) is 0 Å². The van der Waals surface area contributed by atoms with Crippen LogP contribution in [0.2, 0.25) is 0 Å². The third kappa shape index (κ3) is 5.56. The largest absolute Gasteiger partial charge is 0.380 e. The SMILES string of the molecule is CCOCCN[C@@H](C)[C@@H](C)CC. The fourth-order valence-corrected chi connectivity index (χ4v) is 1.06. The Hall–Kier alpha value is -0.0800. The van der Waals surface area contributed by atoms with Crippen LogP contribution >= 0.6 is 0 Å². The van der Waals surface area contributed by atoms with E-state index in [1.54, 1.807) is 0 Å². The molecule has 0 aliphatic heterocycles. The maximum atomic E-state index is 5.23. The molecule has 74 valence electrons. The summed E-state index contributed by atoms with van der Waals surface area (Å²) in [4.78, 5) is 0. The van der Waals surface area contributed by atoms with Crippen molar-refractivity contribution >= 4 is 0 Å². The number of hydrogen-bond acceptors (Lipinski definition) is 2. The lowest BCUT2D eigenvalue weighted by Gasteiger charge is -2.19. The summed E-state index contributed by atoms with van der Waals surface area (Å²) in [6, 6.07) is 0.607. The molecule has 0 aromatic carbocycles. The van der Waals surface area contributed by atoms with Gasteiger partial charge in [0.2, 0.25) is 0 Å². The fraction of sp³-hybridized carbons (Fsp3) is 1.00. The molecule has 2 nitrogen and oxygen atoms in total. The fourth-order valence-electron chi connectivity index (χ4n) is 1.06. The average molecular weight is 173 g/mol. The molecule has 0 fully saturated rings. The molecular weight excluding hydrogens is 150 g/mol. The zero-order valence-corrected chi connectivity index (χ0v) is 8.89. The molecule has 0 saturated heterocycles. The molecule has 0 aliphatic rings. The van der Waals surface area contributed by atoms with Crippen LogP contribution in [0.1, 0.15) is 34.1 Å². The van der Waals surface area contributed by atoms with Crippen molar-refractivity contribution in [2.45, 2.75) is 40.2 Å². The monoisotopic (exact) mass is 173 g/mol. The minimum absolute atomic E-state index is 0.607. The predicted octanol–water partition coefficient (Wildman–Crippen LogP) is 2.05. The molecular formula is C10H23NO. The molecule has 0 radical (unpaired) electrons. The molecule has 1 N–H and O–H groups in total. The van der Waals surface area contributed by atoms with Crippen molar-refractivity contribution in [2.24, 2.45) is 5.92 Å². The normalized spacial score (nSPS) is 16.0. The summed E-state index contributed by atoms with van der Waals surface area (Å²) in [6.45, 7) is 11.4. The predicted molar refractivity (Wildman–Crippen MR) is 53.4 cm³/mol. The first kappa shape index (κ1) is 11.9. The van der Waals surface area contributed by atoms with Crippen LogP contribution in [0.3, 0.4) is 0 Å². The van der Waals surface area contributed by atoms with Crippen molar-refractivity contribution in [3.63, 3.8) is 0 Å². The molecule has 0 saturated carbocycles. The number of rotatable bonds is 7. The van der Waals surface area contributed by atoms with Gasteiger partial charge in [0, 0.05) is 19.2 Å². The lowest BCUT2D eigenvalue weighted by molar-refractivity contribution is 0.145. The lowest BCUT2D eigenvalue weighted by Crippen LogP contribution is -2.34. The van der Waals surface area contributed by atoms with Crippen LogP contribution in [0.25, 0.3) is 0 Å². The molecule has 0 aliphatic carbocycles. The van der Waals surface area contributed by atoms with Crippen LogP contribution < -0.4 is 5.32 Å². The molecule has 12 heavy (non-hydrogen) atoms. The molecule has 0 heterocycles. The maximum Gasteiger partial charge on any atom is 0.0590 e. The van der Waals surface area contributed by atoms with Gasteiger partial charge in [-0.25, -0.2) is 0 Å². The van der Waals surface area contributed by atoms with E-state index < -0.39 is 0 Å². The van der Waals surface area contributed by atoms with E-state index in [9.17, 15) is 0 Å². The Kier molecular flexibility index (Phi) is 7.51. The van der Waals surface area contributed by atoms with Gasteiger partial charge >= 0.3 is 0 Å². The summed E-state index contributed by atoms with van der Waals surface area (Å²) in [5.41, 5.74) is 0. The average Bonchev–Trinajstić information content (AvgIpc) is 2.10. The van der Waals surface area contributed by atoms with E-state index >= 15 is 0 Å². The van der Waals surface area contributed by atoms with Crippen molar-refractivity contribution < 1.29 is 4.74 Å². The summed E-state index contributed by atoms with van der Waals surface area (Å²) < 4.78 is 5.23. The molecule has 0 rings (SSSR count). The van der Waals surface area contributed by atoms with Crippen LogP contribution in [0.15, 0.2) is 0 Å². The van der Waals surface area contributed by atoms with Gasteiger partial charge in [-0.05, 0) is 19.8 Å². The minimum Gasteiger partial charge on any atom is -0.380 e. The molecule has 0 aromatic heterocycles. The standard InChI is InChI=1S/C10H23NO/c1-5-9(3)10(4)11-7-8-12-6-2/h9-11H,5-8H2,1-4H3/t9-,10-/m0/s1. The number of nitrogens with one attached hydrogen (secondary N) is 1. The summed E-state index contributed by atoms with van der Waals surface area (Å²) in [6.07, 6.45) is 1.24. The second kappa shape index (κ2) is 7.56. The first-order valence-electron chi connectivity index (χ1n) is 5.03. The maximum absolute atomic E-state index is 5.23. The van der Waals surface area contributed by atoms with Gasteiger partial charge in [-0.3, -0.25) is 0 Å². The molecule has 0 spiro atoms. The Labute approximate surface area is 76.7 Å². The van der Waals surface area contributed by atoms with Crippen LogP contribution in [0.5, 0.6) is 0 Å². The zero-order valence-electron chi connectivity index (χ0n) is 8.89. The van der Waals surface area contributed by atoms with Crippen LogP contribution in [-0.4, -0.2) is 25.8 Å². The van der Waals surface area contributed by atoms with Crippen LogP contribution in [-0.2, 0) is 4.74 Å². The second-order valence-corrected chi connectivity index (χ2v) is 3.33. The summed E-state index contributed by atoms with van der Waals surface area (Å²) in [7, 11) is 0. The summed E-state index contributed by atoms with van der Waals surface area (Å²) >= 11 is 0. The Morgan fingerprint density at radius 2 is 1.92 bits per heavy atom. The van der Waals surface area contributed by atoms with Gasteiger partial charge in [0.25, 0.3) is 0 Å². The Balaban J connectivity index is 3.24. The van der Waals surface area contributed by atoms with Crippen LogP contribution in [0.4, 0.5) is 0 Å². The Morgan fingerprint density at radius 3 is 2.42 bits per heavy atom. The van der Waals surface area contributed by atoms with Crippen LogP contribution in [0, 0.1) is 5.92 Å². The number of hydrogen-bond donors (Lipinski definition) is 1. The zero-order chi connectivity index (χ0) is 9.40. The highest BCUT2D eigenvalue weighted by Gasteiger charge is 2.07. The van der Waals surface area contributed by atoms with Gasteiger partial charge in [-0.15, -0.1) is 0 Å². The topological polar surface area (TPSA) is 21.3 Å². The molecule has 0 amide bonds. The molecule has 2 heteroatoms. The van der Waals surface area contributed by atoms with Gasteiger partial charge in [-0.1, -0.05) is 20.3 Å². The summed E-state index contributed by atoms with van der Waals surface area (Å²) in [5.74, 6) is 0.756. The first-order valence-corrected chi connectivity index (χ1v) is 5.03. The van der Waals surface area contributed by atoms with Gasteiger partial charge in [0.15, 0.2) is 0 Å².